The van der Waals surface area contributed by atoms with Gasteiger partial charge in [-0.3, -0.25) is 0 Å². The number of benzene rings is 15. The maximum atomic E-state index is 9.64. The molecule has 0 fully saturated rings. The zero-order valence-corrected chi connectivity index (χ0v) is 66.7. The molecule has 0 saturated heterocycles. The van der Waals surface area contributed by atoms with Gasteiger partial charge in [-0.15, -0.1) is 0 Å². The fourth-order valence-corrected chi connectivity index (χ4v) is 14.6. The van der Waals surface area contributed by atoms with Crippen LogP contribution in [0.15, 0.2) is 357 Å². The molecule has 2 N–H and O–H groups in total. The Labute approximate surface area is 673 Å². The van der Waals surface area contributed by atoms with Crippen LogP contribution in [0.1, 0.15) is 0 Å². The molecular weight excluding hydrogens is 1600 g/mol. The van der Waals surface area contributed by atoms with Crippen LogP contribution < -0.4 is 29.1 Å². The Balaban J connectivity index is 0.000000111. The van der Waals surface area contributed by atoms with Crippen LogP contribution in [0.3, 0.4) is 0 Å². The molecule has 20 rings (SSSR count). The summed E-state index contributed by atoms with van der Waals surface area (Å²) in [6.07, 6.45) is 0. The van der Waals surface area contributed by atoms with E-state index in [1.54, 1.807) is 6.07 Å². The zero-order chi connectivity index (χ0) is 75.5. The fraction of sp³-hybridized carbons (Fsp3) is 0.0323. The van der Waals surface area contributed by atoms with Crippen molar-refractivity contribution in [3.05, 3.63) is 353 Å². The van der Waals surface area contributed by atoms with Crippen molar-refractivity contribution in [1.82, 2.24) is 0 Å². The van der Waals surface area contributed by atoms with E-state index in [0.29, 0.717) is 17.0 Å². The Morgan fingerprint density at radius 2 is 0.450 bits per heavy atom. The standard InChI is InChI=1S/C18H13BO3.C18H10Br2O.C18H11BrO.2C18H12O.C3H9ClSi.BHNS/c20-19(21)16-10-5-9-15-13-7-2-1-6-12(13)14-8-3-4-11-17(14)22-18(15)16;19-11-5-7-17-15(9-11)13-3-1-2-4-14(13)16-10-12(20)6-8-18(16)21-17;19-12-9-10-18-16(11-12)14-6-2-1-5-13(14)15-7-3-4-8-17(15)20-18;2*1-2-8-14-13(7-1)15-9-3-5-11-17(15)19-18-12-6-4-10-16(14)18;1-5(2,3)4;1-2-3/h1-11,20-21H;1-10H;1-11H;2*1-12H;1-3H3;3H. The molecule has 0 amide bonds. The number of para-hydroxylation sites is 7. The molecule has 15 aromatic rings. The molecule has 0 aliphatic carbocycles. The molecular formula is C93H68B2Br3ClNO7SSi. The number of ether oxygens (including phenoxy) is 5. The first-order valence-corrected chi connectivity index (χ1v) is 42.4. The minimum atomic E-state index is -1.58. The second-order valence-electron chi connectivity index (χ2n) is 26.4. The van der Waals surface area contributed by atoms with Crippen molar-refractivity contribution in [2.45, 2.75) is 19.6 Å². The second kappa shape index (κ2) is 34.3. The van der Waals surface area contributed by atoms with Crippen LogP contribution in [-0.2, 0) is 0 Å². The Morgan fingerprint density at radius 3 is 0.679 bits per heavy atom. The number of halogens is 4. The maximum absolute atomic E-state index is 9.64. The molecule has 5 aliphatic rings. The first-order chi connectivity index (χ1) is 53.1. The van der Waals surface area contributed by atoms with E-state index >= 15 is 0 Å². The van der Waals surface area contributed by atoms with E-state index in [0.717, 1.165) is 126 Å². The van der Waals surface area contributed by atoms with Gasteiger partial charge < -0.3 is 33.7 Å². The Bertz CT molecular complexity index is 5520. The van der Waals surface area contributed by atoms with Crippen molar-refractivity contribution >= 4 is 99.3 Å². The molecule has 0 bridgehead atoms. The molecule has 0 aromatic heterocycles. The van der Waals surface area contributed by atoms with Crippen molar-refractivity contribution in [3.8, 4) is 169 Å². The average Bonchev–Trinajstić information content (AvgIpc) is 1.65. The minimum Gasteiger partial charge on any atom is -0.456 e. The molecule has 15 aromatic carbocycles. The van der Waals surface area contributed by atoms with Gasteiger partial charge in [0.2, 0.25) is 0 Å². The number of rotatable bonds is 1. The SMILES string of the molecule is Brc1ccc2c(c1)-c1ccccc1-c1cc(Br)ccc1O2.Brc1ccc2c(c1)-c1ccccc1-c1ccccc1O2.C[Si](C)(C)Cl.OB(O)c1cccc2c1Oc1ccccc1-c1ccccc1-2.[B]=NS.c1ccc2c(c1)Oc1ccccc1-c1ccccc1-2.c1ccc2c(c1)Oc1ccccc1-c1ccccc1-2. The molecule has 5 heterocycles. The molecule has 531 valence electrons. The topological polar surface area (TPSA) is 99.0 Å². The van der Waals surface area contributed by atoms with Crippen LogP contribution in [-0.4, -0.2) is 32.2 Å². The van der Waals surface area contributed by atoms with Gasteiger partial charge in [-0.1, -0.05) is 316 Å². The molecule has 0 unspecified atom stereocenters. The fourth-order valence-electron chi connectivity index (χ4n) is 13.5. The van der Waals surface area contributed by atoms with E-state index in [9.17, 15) is 10.0 Å². The molecule has 0 atom stereocenters. The van der Waals surface area contributed by atoms with Gasteiger partial charge in [0.05, 0.1) is 0 Å². The first kappa shape index (κ1) is 75.3. The van der Waals surface area contributed by atoms with E-state index < -0.39 is 14.5 Å². The number of thiol groups is 1. The molecule has 0 saturated carbocycles. The maximum Gasteiger partial charge on any atom is 0.135 e. The van der Waals surface area contributed by atoms with Crippen LogP contribution in [0.2, 0.25) is 19.6 Å². The predicted molar refractivity (Wildman–Crippen MR) is 466 cm³/mol. The second-order valence-corrected chi connectivity index (χ2v) is 36.9. The van der Waals surface area contributed by atoms with E-state index in [2.05, 4.69) is 268 Å². The Hall–Kier alpha value is -10.6. The summed E-state index contributed by atoms with van der Waals surface area (Å²) >= 11 is 19.5. The third-order valence-electron chi connectivity index (χ3n) is 18.1. The van der Waals surface area contributed by atoms with Crippen molar-refractivity contribution in [3.63, 3.8) is 0 Å². The minimum absolute atomic E-state index is 0.365. The van der Waals surface area contributed by atoms with Gasteiger partial charge in [-0.25, -0.2) is 0 Å². The zero-order valence-electron chi connectivity index (χ0n) is 59.3. The number of hydrogen-bond acceptors (Lipinski definition) is 9. The van der Waals surface area contributed by atoms with Crippen molar-refractivity contribution < 1.29 is 33.7 Å². The monoisotopic (exact) mass is 1660 g/mol. The van der Waals surface area contributed by atoms with Gasteiger partial charge >= 0.3 is 31.9 Å². The summed E-state index contributed by atoms with van der Waals surface area (Å²) in [5.74, 6) is 8.43. The van der Waals surface area contributed by atoms with Crippen molar-refractivity contribution in [2.75, 3.05) is 0 Å². The third-order valence-corrected chi connectivity index (χ3v) is 19.6. The summed E-state index contributed by atoms with van der Waals surface area (Å²) in [5.41, 5.74) is 23.0. The van der Waals surface area contributed by atoms with E-state index in [1.807, 2.05) is 158 Å². The Morgan fingerprint density at radius 1 is 0.275 bits per heavy atom. The largest absolute Gasteiger partial charge is 0.456 e. The Kier molecular flexibility index (Phi) is 23.7. The molecule has 8 nitrogen and oxygen atoms in total. The van der Waals surface area contributed by atoms with Crippen molar-refractivity contribution in [2.24, 2.45) is 4.30 Å². The van der Waals surface area contributed by atoms with E-state index in [1.165, 1.54) is 44.5 Å². The van der Waals surface area contributed by atoms with E-state index in [-0.39, 0.29) is 0 Å². The summed E-state index contributed by atoms with van der Waals surface area (Å²) in [5, 5.41) is 19.3. The first-order valence-electron chi connectivity index (χ1n) is 35.1. The van der Waals surface area contributed by atoms with Gasteiger partial charge in [-0.05, 0) is 147 Å². The predicted octanol–water partition coefficient (Wildman–Crippen LogP) is 27.8. The van der Waals surface area contributed by atoms with Gasteiger partial charge in [0.1, 0.15) is 64.9 Å². The number of hydrogen-bond donors (Lipinski definition) is 3. The average molecular weight is 1670 g/mol. The number of nitrogens with zero attached hydrogens (tertiary/aromatic N) is 1. The van der Waals surface area contributed by atoms with Crippen LogP contribution in [0.25, 0.3) is 111 Å². The van der Waals surface area contributed by atoms with Gasteiger partial charge in [0, 0.05) is 74.5 Å². The summed E-state index contributed by atoms with van der Waals surface area (Å²) in [4.78, 5) is 0. The molecule has 1 radical (unpaired) electrons. The van der Waals surface area contributed by atoms with Crippen LogP contribution >= 0.6 is 71.7 Å². The van der Waals surface area contributed by atoms with Crippen LogP contribution in [0.5, 0.6) is 57.5 Å². The van der Waals surface area contributed by atoms with Crippen molar-refractivity contribution in [1.29, 1.82) is 0 Å². The summed E-state index contributed by atoms with van der Waals surface area (Å²) in [6.45, 7) is 6.28. The van der Waals surface area contributed by atoms with Crippen LogP contribution in [0, 0.1) is 0 Å². The smallest absolute Gasteiger partial charge is 0.135 e. The normalized spacial score (nSPS) is 11.4. The van der Waals surface area contributed by atoms with Crippen LogP contribution in [0.4, 0.5) is 0 Å². The molecule has 16 heteroatoms. The van der Waals surface area contributed by atoms with Gasteiger partial charge in [-0.2, -0.15) is 11.1 Å². The molecule has 0 spiro atoms. The summed E-state index contributed by atoms with van der Waals surface area (Å²) in [7, 11) is 1.62. The van der Waals surface area contributed by atoms with E-state index in [4.69, 9.17) is 34.8 Å². The third kappa shape index (κ3) is 17.2. The van der Waals surface area contributed by atoms with Gasteiger partial charge in [0.15, 0.2) is 0 Å². The summed E-state index contributed by atoms with van der Waals surface area (Å²) in [6, 6.07) is 114. The quantitative estimate of drug-likeness (QED) is 0.0855. The summed E-state index contributed by atoms with van der Waals surface area (Å²) < 4.78 is 36.3. The van der Waals surface area contributed by atoms with Gasteiger partial charge in [0.25, 0.3) is 0 Å². The molecule has 5 aliphatic heterocycles. The molecule has 109 heavy (non-hydrogen) atoms. The number of fused-ring (bicyclic) bond motifs is 25.